The fourth-order valence-electron chi connectivity index (χ4n) is 4.40. The Bertz CT molecular complexity index is 1430. The Labute approximate surface area is 268 Å². The summed E-state index contributed by atoms with van der Waals surface area (Å²) in [6, 6.07) is 6.53. The molecule has 0 radical (unpaired) electrons. The smallest absolute Gasteiger partial charge is 0.373 e. The summed E-state index contributed by atoms with van der Waals surface area (Å²) in [7, 11) is 0. The number of benzene rings is 1. The van der Waals surface area contributed by atoms with Crippen LogP contribution in [0.5, 0.6) is 0 Å². The SMILES string of the molecule is CC(=O)N(Sc1cc(Cl)ccc1Cl)[C@H]1C(=O)N2C(C(=O)O)=C(CSc3cc[n+](C(CC[S@+](C)[O-])C(=O)O)cc3)CS[C@H]12. The Kier molecular flexibility index (Phi) is 11.1. The summed E-state index contributed by atoms with van der Waals surface area (Å²) in [5.41, 5.74) is 0.470. The number of carboxylic acid groups (broad SMARTS) is 2. The van der Waals surface area contributed by atoms with Crippen molar-refractivity contribution in [2.75, 3.05) is 23.5 Å². The van der Waals surface area contributed by atoms with Crippen LogP contribution in [0.25, 0.3) is 0 Å². The molecule has 42 heavy (non-hydrogen) atoms. The number of fused-ring (bicyclic) bond motifs is 1. The average molecular weight is 692 g/mol. The first kappa shape index (κ1) is 32.8. The topological polar surface area (TPSA) is 142 Å². The number of carboxylic acids is 2. The number of hydrogen-bond donors (Lipinski definition) is 2. The van der Waals surface area contributed by atoms with Crippen LogP contribution in [0.15, 0.2) is 63.8 Å². The number of carbonyl (C=O) groups excluding carboxylic acids is 2. The van der Waals surface area contributed by atoms with Crippen LogP contribution in [-0.2, 0) is 30.4 Å². The minimum Gasteiger partial charge on any atom is -0.617 e. The van der Waals surface area contributed by atoms with Gasteiger partial charge in [0.2, 0.25) is 5.91 Å². The van der Waals surface area contributed by atoms with Crippen LogP contribution in [0.2, 0.25) is 10.0 Å². The highest BCUT2D eigenvalue weighted by Gasteiger charge is 2.57. The number of halogens is 2. The minimum atomic E-state index is -1.23. The molecule has 2 aliphatic heterocycles. The van der Waals surface area contributed by atoms with Crippen molar-refractivity contribution in [2.24, 2.45) is 0 Å². The van der Waals surface area contributed by atoms with E-state index in [4.69, 9.17) is 23.2 Å². The zero-order valence-electron chi connectivity index (χ0n) is 22.3. The number of hydrogen-bond acceptors (Lipinski definition) is 8. The first-order chi connectivity index (χ1) is 19.9. The van der Waals surface area contributed by atoms with E-state index in [0.29, 0.717) is 32.0 Å². The van der Waals surface area contributed by atoms with E-state index in [1.165, 1.54) is 50.5 Å². The van der Waals surface area contributed by atoms with Crippen LogP contribution in [0.1, 0.15) is 19.4 Å². The molecule has 2 amide bonds. The number of rotatable bonds is 12. The molecule has 0 aliphatic carbocycles. The van der Waals surface area contributed by atoms with E-state index in [2.05, 4.69) is 0 Å². The fourth-order valence-corrected chi connectivity index (χ4v) is 8.90. The summed E-state index contributed by atoms with van der Waals surface area (Å²) < 4.78 is 14.3. The Hall–Kier alpha value is -2.07. The third kappa shape index (κ3) is 7.34. The highest BCUT2D eigenvalue weighted by atomic mass is 35.5. The van der Waals surface area contributed by atoms with Gasteiger partial charge < -0.3 is 14.8 Å². The second-order valence-corrected chi connectivity index (χ2v) is 14.9. The highest BCUT2D eigenvalue weighted by Crippen LogP contribution is 2.46. The molecule has 10 nitrogen and oxygen atoms in total. The van der Waals surface area contributed by atoms with Gasteiger partial charge in [-0.3, -0.25) is 18.8 Å². The Morgan fingerprint density at radius 2 is 1.93 bits per heavy atom. The van der Waals surface area contributed by atoms with Gasteiger partial charge in [0.05, 0.1) is 17.7 Å². The van der Waals surface area contributed by atoms with Gasteiger partial charge in [0.1, 0.15) is 16.8 Å². The molecule has 0 bridgehead atoms. The number of nitrogens with zero attached hydrogens (tertiary/aromatic N) is 3. The quantitative estimate of drug-likeness (QED) is 0.111. The van der Waals surface area contributed by atoms with E-state index < -0.39 is 46.5 Å². The lowest BCUT2D eigenvalue weighted by molar-refractivity contribution is -0.711. The molecule has 0 saturated carbocycles. The van der Waals surface area contributed by atoms with E-state index in [-0.39, 0.29) is 23.8 Å². The maximum absolute atomic E-state index is 13.3. The van der Waals surface area contributed by atoms with Crippen molar-refractivity contribution in [1.29, 1.82) is 0 Å². The van der Waals surface area contributed by atoms with Gasteiger partial charge in [0.15, 0.2) is 18.4 Å². The second-order valence-electron chi connectivity index (χ2n) is 9.31. The Morgan fingerprint density at radius 3 is 2.52 bits per heavy atom. The molecule has 16 heteroatoms. The van der Waals surface area contributed by atoms with Gasteiger partial charge in [-0.2, -0.15) is 4.57 Å². The van der Waals surface area contributed by atoms with Gasteiger partial charge in [0.25, 0.3) is 11.9 Å². The van der Waals surface area contributed by atoms with Crippen molar-refractivity contribution in [3.63, 3.8) is 0 Å². The van der Waals surface area contributed by atoms with Crippen molar-refractivity contribution in [3.05, 3.63) is 64.0 Å². The molecule has 0 spiro atoms. The molecular weight excluding hydrogens is 665 g/mol. The number of β-lactam (4-membered cyclic amide) rings is 1. The molecule has 1 aromatic heterocycles. The summed E-state index contributed by atoms with van der Waals surface area (Å²) in [5.74, 6) is -2.24. The summed E-state index contributed by atoms with van der Waals surface area (Å²) in [4.78, 5) is 52.4. The molecule has 1 saturated heterocycles. The Balaban J connectivity index is 1.48. The summed E-state index contributed by atoms with van der Waals surface area (Å²) in [6.45, 7) is 1.33. The van der Waals surface area contributed by atoms with E-state index in [0.717, 1.165) is 16.8 Å². The lowest BCUT2D eigenvalue weighted by Crippen LogP contribution is -2.70. The molecule has 1 fully saturated rings. The number of amides is 2. The second kappa shape index (κ2) is 14.1. The third-order valence-corrected chi connectivity index (χ3v) is 11.6. The molecule has 2 aliphatic rings. The summed E-state index contributed by atoms with van der Waals surface area (Å²) in [5, 5.41) is 19.8. The molecule has 4 rings (SSSR count). The predicted molar refractivity (Wildman–Crippen MR) is 164 cm³/mol. The largest absolute Gasteiger partial charge is 0.617 e. The number of carbonyl (C=O) groups is 4. The first-order valence-electron chi connectivity index (χ1n) is 12.4. The zero-order chi connectivity index (χ0) is 30.7. The minimum absolute atomic E-state index is 0.0914. The molecule has 1 unspecified atom stereocenters. The number of pyridine rings is 1. The van der Waals surface area contributed by atoms with Crippen LogP contribution in [-0.4, -0.2) is 82.7 Å². The summed E-state index contributed by atoms with van der Waals surface area (Å²) >= 11 is 15.0. The van der Waals surface area contributed by atoms with Crippen molar-refractivity contribution < 1.29 is 38.5 Å². The summed E-state index contributed by atoms with van der Waals surface area (Å²) in [6.07, 6.45) is 5.00. The standard InChI is InChI=1S/C26H25Cl2N3O7S4/c1-14(32)31(41-20-11-16(27)3-4-18(20)28)22-23(33)30-21(26(36)37)15(13-40-24(22)30)12-39-17-5-8-29(9-6-17)19(25(34)35)7-10-42(2)38/h3-6,8-9,11,19,22,24H,7,10,12-13H2,1-2H3,(H-,34,35,36,37)/p+1/t19?,22-,24+,42-/m0/s1. The van der Waals surface area contributed by atoms with Crippen molar-refractivity contribution in [3.8, 4) is 0 Å². The van der Waals surface area contributed by atoms with Crippen LogP contribution < -0.4 is 4.57 Å². The monoisotopic (exact) mass is 690 g/mol. The van der Waals surface area contributed by atoms with Crippen molar-refractivity contribution >= 4 is 93.6 Å². The molecule has 3 heterocycles. The van der Waals surface area contributed by atoms with E-state index in [1.807, 2.05) is 0 Å². The predicted octanol–water partition coefficient (Wildman–Crippen LogP) is 3.95. The van der Waals surface area contributed by atoms with Crippen molar-refractivity contribution in [1.82, 2.24) is 9.21 Å². The first-order valence-corrected chi connectivity index (χ1v) is 17.7. The van der Waals surface area contributed by atoms with E-state index >= 15 is 0 Å². The van der Waals surface area contributed by atoms with Crippen molar-refractivity contribution in [2.45, 2.75) is 40.6 Å². The molecule has 4 atom stereocenters. The molecular formula is C26H26Cl2N3O7S4+. The normalized spacial score (nSPS) is 19.5. The maximum atomic E-state index is 13.3. The van der Waals surface area contributed by atoms with E-state index in [9.17, 15) is 33.9 Å². The van der Waals surface area contributed by atoms with Gasteiger partial charge in [0, 0.05) is 45.4 Å². The lowest BCUT2D eigenvalue weighted by atomic mass is 10.0. The van der Waals surface area contributed by atoms with Gasteiger partial charge >= 0.3 is 11.9 Å². The molecule has 2 aromatic rings. The van der Waals surface area contributed by atoms with E-state index in [1.54, 1.807) is 42.7 Å². The van der Waals surface area contributed by atoms with Crippen LogP contribution in [0.3, 0.4) is 0 Å². The number of thioether (sulfide) groups is 2. The highest BCUT2D eigenvalue weighted by molar-refractivity contribution is 8.01. The van der Waals surface area contributed by atoms with Gasteiger partial charge in [-0.1, -0.05) is 34.4 Å². The van der Waals surface area contributed by atoms with Crippen LogP contribution >= 0.6 is 58.7 Å². The molecule has 1 aromatic carbocycles. The Morgan fingerprint density at radius 1 is 1.24 bits per heavy atom. The van der Waals surface area contributed by atoms with Crippen LogP contribution in [0.4, 0.5) is 0 Å². The number of aliphatic carboxylic acids is 2. The third-order valence-electron chi connectivity index (χ3n) is 6.43. The van der Waals surface area contributed by atoms with Crippen LogP contribution in [0, 0.1) is 0 Å². The zero-order valence-corrected chi connectivity index (χ0v) is 27.0. The van der Waals surface area contributed by atoms with Gasteiger partial charge in [-0.25, -0.2) is 9.59 Å². The average Bonchev–Trinajstić information content (AvgIpc) is 2.93. The fraction of sp³-hybridized carbons (Fsp3) is 0.346. The van der Waals surface area contributed by atoms with Gasteiger partial charge in [-0.15, -0.1) is 23.5 Å². The number of aromatic nitrogens is 1. The van der Waals surface area contributed by atoms with Gasteiger partial charge in [-0.05, 0) is 35.7 Å². The lowest BCUT2D eigenvalue weighted by Gasteiger charge is -2.52. The maximum Gasteiger partial charge on any atom is 0.373 e. The molecule has 2 N–H and O–H groups in total. The molecule has 224 valence electrons.